The number of rotatable bonds is 4. The third kappa shape index (κ3) is 3.25. The molecule has 0 bridgehead atoms. The van der Waals surface area contributed by atoms with Crippen molar-refractivity contribution < 1.29 is 41.4 Å². The van der Waals surface area contributed by atoms with E-state index in [2.05, 4.69) is 4.18 Å². The van der Waals surface area contributed by atoms with Gasteiger partial charge in [0.2, 0.25) is 5.79 Å². The molecule has 0 aromatic carbocycles. The minimum absolute atomic E-state index is 0.0597. The first kappa shape index (κ1) is 17.5. The van der Waals surface area contributed by atoms with Gasteiger partial charge in [-0.25, -0.2) is 5.14 Å². The van der Waals surface area contributed by atoms with Crippen molar-refractivity contribution >= 4 is 10.3 Å². The highest BCUT2D eigenvalue weighted by atomic mass is 32.2. The summed E-state index contributed by atoms with van der Waals surface area (Å²) in [4.78, 5) is 0. The van der Waals surface area contributed by atoms with E-state index in [0.717, 1.165) is 0 Å². The van der Waals surface area contributed by atoms with Crippen LogP contribution in [0.5, 0.6) is 0 Å². The van der Waals surface area contributed by atoms with Gasteiger partial charge < -0.3 is 28.8 Å². The Labute approximate surface area is 134 Å². The maximum atomic E-state index is 11.1. The Hall–Kier alpha value is -0.370. The van der Waals surface area contributed by atoms with Crippen LogP contribution in [0.4, 0.5) is 0 Å². The lowest BCUT2D eigenvalue weighted by Crippen LogP contribution is -2.60. The predicted molar refractivity (Wildman–Crippen MR) is 73.0 cm³/mol. The van der Waals surface area contributed by atoms with Crippen molar-refractivity contribution in [2.75, 3.05) is 19.8 Å². The van der Waals surface area contributed by atoms with E-state index in [1.54, 1.807) is 20.8 Å². The van der Waals surface area contributed by atoms with Crippen LogP contribution in [0, 0.1) is 0 Å². The van der Waals surface area contributed by atoms with Gasteiger partial charge in [-0.15, -0.1) is 0 Å². The largest absolute Gasteiger partial charge is 0.391 e. The van der Waals surface area contributed by atoms with Crippen LogP contribution in [0.2, 0.25) is 0 Å². The highest BCUT2D eigenvalue weighted by molar-refractivity contribution is 7.84. The highest BCUT2D eigenvalue weighted by Crippen LogP contribution is 2.47. The fourth-order valence-corrected chi connectivity index (χ4v) is 3.43. The molecule has 0 aliphatic carbocycles. The Morgan fingerprint density at radius 3 is 2.57 bits per heavy atom. The van der Waals surface area contributed by atoms with Crippen LogP contribution in [0.3, 0.4) is 0 Å². The van der Waals surface area contributed by atoms with Crippen LogP contribution in [0.1, 0.15) is 20.8 Å². The Balaban J connectivity index is 1.87. The first-order chi connectivity index (χ1) is 10.5. The number of nitrogens with two attached hydrogens (primary N) is 1. The molecule has 134 valence electrons. The average Bonchev–Trinajstić information content (AvgIpc) is 2.90. The third-order valence-electron chi connectivity index (χ3n) is 3.92. The molecule has 3 aliphatic heterocycles. The molecule has 0 unspecified atom stereocenters. The van der Waals surface area contributed by atoms with Crippen LogP contribution in [-0.2, 0) is 38.2 Å². The van der Waals surface area contributed by atoms with E-state index >= 15 is 0 Å². The van der Waals surface area contributed by atoms with Gasteiger partial charge in [0, 0.05) is 0 Å². The Morgan fingerprint density at radius 2 is 1.96 bits per heavy atom. The lowest BCUT2D eigenvalue weighted by Gasteiger charge is -2.40. The molecule has 0 amide bonds. The molecule has 3 aliphatic rings. The second-order valence-electron chi connectivity index (χ2n) is 6.45. The fraction of sp³-hybridized carbons (Fsp3) is 1.00. The average molecular weight is 355 g/mol. The molecule has 3 rings (SSSR count). The van der Waals surface area contributed by atoms with Crippen LogP contribution < -0.4 is 5.14 Å². The molecule has 0 aromatic heterocycles. The second kappa shape index (κ2) is 5.31. The van der Waals surface area contributed by atoms with Crippen molar-refractivity contribution in [2.24, 2.45) is 5.14 Å². The zero-order valence-corrected chi connectivity index (χ0v) is 13.9. The fourth-order valence-electron chi connectivity index (χ4n) is 3.10. The SMILES string of the molecule is CC1(C)O[C@@H]2[C@H]3O[C@@](C)(CO)O[C@H]3CO[C@]2(COS(N)(=O)=O)O1. The van der Waals surface area contributed by atoms with E-state index < -0.39 is 52.6 Å². The molecule has 3 fully saturated rings. The lowest BCUT2D eigenvalue weighted by molar-refractivity contribution is -0.290. The lowest BCUT2D eigenvalue weighted by atomic mass is 9.98. The molecule has 5 atom stereocenters. The number of hydrogen-bond donors (Lipinski definition) is 2. The predicted octanol–water partition coefficient (Wildman–Crippen LogP) is -1.42. The third-order valence-corrected chi connectivity index (χ3v) is 4.36. The number of aliphatic hydroxyl groups excluding tert-OH is 1. The first-order valence-electron chi connectivity index (χ1n) is 7.13. The Morgan fingerprint density at radius 1 is 1.26 bits per heavy atom. The van der Waals surface area contributed by atoms with Crippen molar-refractivity contribution in [1.82, 2.24) is 0 Å². The van der Waals surface area contributed by atoms with Crippen molar-refractivity contribution in [2.45, 2.75) is 56.4 Å². The van der Waals surface area contributed by atoms with Gasteiger partial charge in [0.05, 0.1) is 13.2 Å². The maximum Gasteiger partial charge on any atom is 0.333 e. The monoisotopic (exact) mass is 355 g/mol. The molecule has 3 N–H and O–H groups in total. The smallest absolute Gasteiger partial charge is 0.333 e. The summed E-state index contributed by atoms with van der Waals surface area (Å²) in [6, 6.07) is 0. The van der Waals surface area contributed by atoms with E-state index in [-0.39, 0.29) is 13.2 Å². The molecule has 3 saturated heterocycles. The minimum Gasteiger partial charge on any atom is -0.391 e. The van der Waals surface area contributed by atoms with Gasteiger partial charge in [0.1, 0.15) is 24.9 Å². The second-order valence-corrected chi connectivity index (χ2v) is 7.67. The Bertz CT molecular complexity index is 581. The number of fused-ring (bicyclic) bond motifs is 3. The molecule has 0 radical (unpaired) electrons. The number of hydrogen-bond acceptors (Lipinski definition) is 9. The van der Waals surface area contributed by atoms with Gasteiger partial charge in [-0.3, -0.25) is 4.18 Å². The summed E-state index contributed by atoms with van der Waals surface area (Å²) in [5, 5.41) is 14.3. The van der Waals surface area contributed by atoms with Gasteiger partial charge >= 0.3 is 10.3 Å². The van der Waals surface area contributed by atoms with Crippen molar-refractivity contribution in [1.29, 1.82) is 0 Å². The van der Waals surface area contributed by atoms with Crippen molar-refractivity contribution in [3.05, 3.63) is 0 Å². The van der Waals surface area contributed by atoms with Gasteiger partial charge in [-0.2, -0.15) is 8.42 Å². The van der Waals surface area contributed by atoms with Crippen molar-refractivity contribution in [3.8, 4) is 0 Å². The van der Waals surface area contributed by atoms with E-state index in [9.17, 15) is 13.5 Å². The van der Waals surface area contributed by atoms with Crippen LogP contribution in [0.15, 0.2) is 0 Å². The number of aliphatic hydroxyl groups is 1. The molecular weight excluding hydrogens is 334 g/mol. The summed E-state index contributed by atoms with van der Waals surface area (Å²) in [5.74, 6) is -3.74. The molecular formula is C12H21NO9S. The quantitative estimate of drug-likeness (QED) is 0.622. The first-order valence-corrected chi connectivity index (χ1v) is 8.60. The van der Waals surface area contributed by atoms with E-state index in [4.69, 9.17) is 28.8 Å². The van der Waals surface area contributed by atoms with Crippen LogP contribution in [-0.4, -0.2) is 69.0 Å². The summed E-state index contributed by atoms with van der Waals surface area (Å²) in [6.45, 7) is 4.13. The molecule has 3 heterocycles. The topological polar surface area (TPSA) is 136 Å². The number of ether oxygens (including phenoxy) is 5. The summed E-state index contributed by atoms with van der Waals surface area (Å²) in [6.07, 6.45) is -1.92. The summed E-state index contributed by atoms with van der Waals surface area (Å²) in [5.41, 5.74) is 0. The molecule has 0 spiro atoms. The minimum atomic E-state index is -4.18. The summed E-state index contributed by atoms with van der Waals surface area (Å²) >= 11 is 0. The molecule has 0 aromatic rings. The maximum absolute atomic E-state index is 11.1. The standard InChI is InChI=1S/C12H21NO9S/c1-10(2)21-9-8-7(19-11(3,5-14)20-8)4-17-12(9,22-10)6-18-23(13,15)16/h7-9,14H,4-6H2,1-3H3,(H2,13,15,16)/t7-,8-,9+,11-,12+/m0/s1. The van der Waals surface area contributed by atoms with E-state index in [1.807, 2.05) is 0 Å². The molecule has 11 heteroatoms. The zero-order valence-electron chi connectivity index (χ0n) is 13.1. The van der Waals surface area contributed by atoms with Crippen molar-refractivity contribution in [3.63, 3.8) is 0 Å². The zero-order chi connectivity index (χ0) is 17.1. The normalized spacial score (nSPS) is 45.7. The van der Waals surface area contributed by atoms with Gasteiger partial charge in [-0.05, 0) is 20.8 Å². The van der Waals surface area contributed by atoms with Crippen LogP contribution in [0.25, 0.3) is 0 Å². The highest BCUT2D eigenvalue weighted by Gasteiger charge is 2.66. The van der Waals surface area contributed by atoms with E-state index in [1.165, 1.54) is 0 Å². The van der Waals surface area contributed by atoms with Gasteiger partial charge in [-0.1, -0.05) is 0 Å². The van der Waals surface area contributed by atoms with E-state index in [0.29, 0.717) is 0 Å². The molecule has 10 nitrogen and oxygen atoms in total. The van der Waals surface area contributed by atoms with Gasteiger partial charge in [0.15, 0.2) is 11.6 Å². The Kier molecular flexibility index (Phi) is 4.03. The summed E-state index contributed by atoms with van der Waals surface area (Å²) in [7, 11) is -4.18. The summed E-state index contributed by atoms with van der Waals surface area (Å²) < 4.78 is 55.6. The van der Waals surface area contributed by atoms with Crippen LogP contribution >= 0.6 is 0 Å². The van der Waals surface area contributed by atoms with Gasteiger partial charge in [0.25, 0.3) is 0 Å². The molecule has 23 heavy (non-hydrogen) atoms. The molecule has 0 saturated carbocycles.